The highest BCUT2D eigenvalue weighted by Crippen LogP contribution is 2.28. The first-order valence-electron chi connectivity index (χ1n) is 10.6. The first-order chi connectivity index (χ1) is 16.8. The predicted octanol–water partition coefficient (Wildman–Crippen LogP) is 4.33. The summed E-state index contributed by atoms with van der Waals surface area (Å²) in [6.45, 7) is 1.55. The molecule has 1 heterocycles. The summed E-state index contributed by atoms with van der Waals surface area (Å²) in [5.41, 5.74) is 1.88. The van der Waals surface area contributed by atoms with Crippen LogP contribution in [-0.2, 0) is 14.4 Å². The van der Waals surface area contributed by atoms with E-state index in [1.807, 2.05) is 25.1 Å². The third-order valence-electron chi connectivity index (χ3n) is 5.17. The molecule has 3 aromatic rings. The first kappa shape index (κ1) is 23.7. The molecule has 1 saturated heterocycles. The zero-order valence-electron chi connectivity index (χ0n) is 18.6. The van der Waals surface area contributed by atoms with Gasteiger partial charge >= 0.3 is 6.03 Å². The lowest BCUT2D eigenvalue weighted by Gasteiger charge is -2.26. The lowest BCUT2D eigenvalue weighted by molar-refractivity contribution is -0.122. The van der Waals surface area contributed by atoms with E-state index in [0.29, 0.717) is 22.0 Å². The topological polar surface area (TPSA) is 105 Å². The second-order valence-corrected chi connectivity index (χ2v) is 8.06. The molecular weight excluding hydrogens is 470 g/mol. The number of carbonyl (C=O) groups is 4. The number of barbiturate groups is 1. The lowest BCUT2D eigenvalue weighted by atomic mass is 10.1. The normalized spacial score (nSPS) is 14.6. The largest absolute Gasteiger partial charge is 0.483 e. The van der Waals surface area contributed by atoms with Crippen LogP contribution in [0.15, 0.2) is 78.4 Å². The number of imide groups is 2. The smallest absolute Gasteiger partial charge is 0.335 e. The van der Waals surface area contributed by atoms with E-state index >= 15 is 0 Å². The molecule has 0 spiro atoms. The van der Waals surface area contributed by atoms with Crippen LogP contribution in [0.5, 0.6) is 5.75 Å². The van der Waals surface area contributed by atoms with Crippen LogP contribution >= 0.6 is 11.6 Å². The molecular formula is C26H20ClN3O5. The number of hydrogen-bond donors (Lipinski definition) is 2. The number of anilines is 2. The lowest BCUT2D eigenvalue weighted by Crippen LogP contribution is -2.54. The molecule has 3 aromatic carbocycles. The van der Waals surface area contributed by atoms with Gasteiger partial charge in [-0.15, -0.1) is 0 Å². The van der Waals surface area contributed by atoms with Gasteiger partial charge in [-0.25, -0.2) is 9.69 Å². The van der Waals surface area contributed by atoms with Crippen molar-refractivity contribution in [3.05, 3.63) is 94.5 Å². The van der Waals surface area contributed by atoms with Crippen LogP contribution in [0.25, 0.3) is 6.08 Å². The number of halogens is 1. The molecule has 1 fully saturated rings. The molecule has 0 saturated carbocycles. The van der Waals surface area contributed by atoms with Gasteiger partial charge in [0.1, 0.15) is 11.3 Å². The van der Waals surface area contributed by atoms with Gasteiger partial charge in [-0.2, -0.15) is 0 Å². The number of rotatable bonds is 6. The number of carbonyl (C=O) groups excluding carboxylic acids is 4. The molecule has 5 amide bonds. The Bertz CT molecular complexity index is 1350. The van der Waals surface area contributed by atoms with Gasteiger partial charge in [0.25, 0.3) is 17.7 Å². The number of ether oxygens (including phenoxy) is 1. The fraction of sp³-hybridized carbons (Fsp3) is 0.0769. The number of urea groups is 1. The standard InChI is InChI=1S/C26H20ClN3O5/c1-16-7-5-6-10-21(16)28-23(31)15-35-22-12-11-18(27)13-17(22)14-20-24(32)29-26(34)30(25(20)33)19-8-3-2-4-9-19/h2-14H,15H2,1H3,(H,28,31)(H,29,32,34)/b20-14-. The Hall–Kier alpha value is -4.43. The van der Waals surface area contributed by atoms with Crippen molar-refractivity contribution in [3.63, 3.8) is 0 Å². The van der Waals surface area contributed by atoms with Crippen LogP contribution < -0.4 is 20.3 Å². The van der Waals surface area contributed by atoms with Crippen LogP contribution in [0, 0.1) is 6.92 Å². The molecule has 0 radical (unpaired) electrons. The average molecular weight is 490 g/mol. The van der Waals surface area contributed by atoms with Crippen molar-refractivity contribution in [2.45, 2.75) is 6.92 Å². The van der Waals surface area contributed by atoms with E-state index in [4.69, 9.17) is 16.3 Å². The predicted molar refractivity (Wildman–Crippen MR) is 132 cm³/mol. The van der Waals surface area contributed by atoms with Crippen LogP contribution in [0.2, 0.25) is 5.02 Å². The third kappa shape index (κ3) is 5.39. The van der Waals surface area contributed by atoms with E-state index in [-0.39, 0.29) is 23.8 Å². The minimum atomic E-state index is -0.851. The molecule has 8 nitrogen and oxygen atoms in total. The highest BCUT2D eigenvalue weighted by Gasteiger charge is 2.36. The molecule has 35 heavy (non-hydrogen) atoms. The van der Waals surface area contributed by atoms with Crippen LogP contribution in [0.1, 0.15) is 11.1 Å². The summed E-state index contributed by atoms with van der Waals surface area (Å²) >= 11 is 6.13. The van der Waals surface area contributed by atoms with E-state index in [1.54, 1.807) is 42.5 Å². The third-order valence-corrected chi connectivity index (χ3v) is 5.40. The molecule has 0 aromatic heterocycles. The zero-order valence-corrected chi connectivity index (χ0v) is 19.3. The fourth-order valence-electron chi connectivity index (χ4n) is 3.43. The minimum absolute atomic E-state index is 0.227. The summed E-state index contributed by atoms with van der Waals surface area (Å²) in [6, 6.07) is 19.3. The number of nitrogens with zero attached hydrogens (tertiary/aromatic N) is 1. The number of benzene rings is 3. The van der Waals surface area contributed by atoms with Crippen LogP contribution in [0.4, 0.5) is 16.2 Å². The monoisotopic (exact) mass is 489 g/mol. The van der Waals surface area contributed by atoms with Gasteiger partial charge in [0.15, 0.2) is 6.61 Å². The fourth-order valence-corrected chi connectivity index (χ4v) is 3.61. The van der Waals surface area contributed by atoms with Gasteiger partial charge in [0.05, 0.1) is 5.69 Å². The molecule has 1 aliphatic heterocycles. The average Bonchev–Trinajstić information content (AvgIpc) is 2.83. The van der Waals surface area contributed by atoms with E-state index < -0.39 is 17.8 Å². The van der Waals surface area contributed by atoms with Gasteiger partial charge in [-0.3, -0.25) is 19.7 Å². The van der Waals surface area contributed by atoms with Crippen molar-refractivity contribution in [1.29, 1.82) is 0 Å². The van der Waals surface area contributed by atoms with Crippen molar-refractivity contribution >= 4 is 52.8 Å². The number of aryl methyl sites for hydroxylation is 1. The van der Waals surface area contributed by atoms with Gasteiger partial charge in [-0.05, 0) is 55.0 Å². The number of hydrogen-bond acceptors (Lipinski definition) is 5. The maximum atomic E-state index is 13.1. The van der Waals surface area contributed by atoms with Crippen molar-refractivity contribution < 1.29 is 23.9 Å². The number of amides is 5. The van der Waals surface area contributed by atoms with Gasteiger partial charge in [0, 0.05) is 16.3 Å². The molecule has 176 valence electrons. The Morgan fingerprint density at radius 3 is 2.49 bits per heavy atom. The number of para-hydroxylation sites is 2. The number of nitrogens with one attached hydrogen (secondary N) is 2. The van der Waals surface area contributed by atoms with Crippen LogP contribution in [-0.4, -0.2) is 30.4 Å². The maximum absolute atomic E-state index is 13.1. The van der Waals surface area contributed by atoms with E-state index in [1.165, 1.54) is 18.2 Å². The Morgan fingerprint density at radius 1 is 1.03 bits per heavy atom. The van der Waals surface area contributed by atoms with E-state index in [2.05, 4.69) is 10.6 Å². The summed E-state index contributed by atoms with van der Waals surface area (Å²) in [6.07, 6.45) is 1.28. The molecule has 1 aliphatic rings. The summed E-state index contributed by atoms with van der Waals surface area (Å²) in [5.74, 6) is -1.81. The quantitative estimate of drug-likeness (QED) is 0.396. The SMILES string of the molecule is Cc1ccccc1NC(=O)COc1ccc(Cl)cc1/C=C1/C(=O)NC(=O)N(c2ccccc2)C1=O. The summed E-state index contributed by atoms with van der Waals surface area (Å²) in [4.78, 5) is 51.2. The van der Waals surface area contributed by atoms with Crippen molar-refractivity contribution in [2.24, 2.45) is 0 Å². The van der Waals surface area contributed by atoms with E-state index in [0.717, 1.165) is 10.5 Å². The Labute approximate surface area is 206 Å². The molecule has 4 rings (SSSR count). The van der Waals surface area contributed by atoms with Crippen LogP contribution in [0.3, 0.4) is 0 Å². The molecule has 0 bridgehead atoms. The second kappa shape index (κ2) is 10.2. The molecule has 0 unspecified atom stereocenters. The Kier molecular flexibility index (Phi) is 6.93. The molecule has 0 atom stereocenters. The van der Waals surface area contributed by atoms with Crippen molar-refractivity contribution in [3.8, 4) is 5.75 Å². The Morgan fingerprint density at radius 2 is 1.74 bits per heavy atom. The maximum Gasteiger partial charge on any atom is 0.335 e. The summed E-state index contributed by atoms with van der Waals surface area (Å²) < 4.78 is 5.67. The van der Waals surface area contributed by atoms with Gasteiger partial charge in [0.2, 0.25) is 0 Å². The molecule has 0 aliphatic carbocycles. The molecule has 9 heteroatoms. The molecule has 2 N–H and O–H groups in total. The minimum Gasteiger partial charge on any atom is -0.483 e. The highest BCUT2D eigenvalue weighted by molar-refractivity contribution is 6.39. The first-order valence-corrected chi connectivity index (χ1v) is 11.0. The summed E-state index contributed by atoms with van der Waals surface area (Å²) in [5, 5.41) is 5.26. The van der Waals surface area contributed by atoms with Gasteiger partial charge in [-0.1, -0.05) is 48.0 Å². The van der Waals surface area contributed by atoms with E-state index in [9.17, 15) is 19.2 Å². The van der Waals surface area contributed by atoms with Gasteiger partial charge < -0.3 is 10.1 Å². The Balaban J connectivity index is 1.58. The summed E-state index contributed by atoms with van der Waals surface area (Å²) in [7, 11) is 0. The van der Waals surface area contributed by atoms with Crippen molar-refractivity contribution in [1.82, 2.24) is 5.32 Å². The zero-order chi connectivity index (χ0) is 24.9. The highest BCUT2D eigenvalue weighted by atomic mass is 35.5. The van der Waals surface area contributed by atoms with Crippen molar-refractivity contribution in [2.75, 3.05) is 16.8 Å². The second-order valence-electron chi connectivity index (χ2n) is 7.63.